The molecule has 6 heteroatoms. The number of ketones is 1. The van der Waals surface area contributed by atoms with Crippen LogP contribution in [0.1, 0.15) is 29.5 Å². The number of nitrogens with zero attached hydrogens (tertiary/aromatic N) is 4. The molecule has 0 fully saturated rings. The molecule has 5 nitrogen and oxygen atoms in total. The van der Waals surface area contributed by atoms with Crippen LogP contribution in [0.15, 0.2) is 24.7 Å². The van der Waals surface area contributed by atoms with Gasteiger partial charge in [-0.05, 0) is 18.6 Å². The molecule has 0 spiro atoms. The van der Waals surface area contributed by atoms with Crippen LogP contribution in [0, 0.1) is 0 Å². The number of carbonyl (C=O) groups is 1. The molecule has 0 aliphatic heterocycles. The van der Waals surface area contributed by atoms with Gasteiger partial charge in [-0.25, -0.2) is 14.6 Å². The maximum absolute atomic E-state index is 12.0. The number of carbonyl (C=O) groups excluding carboxylic acids is 1. The molecule has 2 heterocycles. The first-order chi connectivity index (χ1) is 8.70. The fourth-order valence-corrected chi connectivity index (χ4v) is 1.72. The van der Waals surface area contributed by atoms with E-state index in [1.54, 1.807) is 16.8 Å². The minimum Gasteiger partial charge on any atom is -0.294 e. The predicted octanol–water partition coefficient (Wildman–Crippen LogP) is 2.16. The molecule has 2 aromatic heterocycles. The number of hydrogen-bond acceptors (Lipinski definition) is 4. The van der Waals surface area contributed by atoms with Gasteiger partial charge in [0.05, 0.1) is 6.42 Å². The summed E-state index contributed by atoms with van der Waals surface area (Å²) in [7, 11) is 0. The Morgan fingerprint density at radius 3 is 2.89 bits per heavy atom. The lowest BCUT2D eigenvalue weighted by molar-refractivity contribution is 0.0989. The lowest BCUT2D eigenvalue weighted by atomic mass is 10.1. The van der Waals surface area contributed by atoms with E-state index >= 15 is 0 Å². The molecule has 2 aromatic rings. The van der Waals surface area contributed by atoms with E-state index in [1.807, 2.05) is 0 Å². The number of halogens is 1. The highest BCUT2D eigenvalue weighted by molar-refractivity contribution is 6.29. The Labute approximate surface area is 110 Å². The summed E-state index contributed by atoms with van der Waals surface area (Å²) in [6.07, 6.45) is 4.12. The van der Waals surface area contributed by atoms with E-state index in [-0.39, 0.29) is 12.2 Å². The van der Waals surface area contributed by atoms with Crippen LogP contribution in [-0.2, 0) is 13.0 Å². The van der Waals surface area contributed by atoms with Gasteiger partial charge in [0.1, 0.15) is 17.3 Å². The van der Waals surface area contributed by atoms with Gasteiger partial charge < -0.3 is 0 Å². The van der Waals surface area contributed by atoms with Crippen molar-refractivity contribution in [2.75, 3.05) is 0 Å². The normalized spacial score (nSPS) is 10.6. The third-order valence-corrected chi connectivity index (χ3v) is 2.72. The molecular formula is C12H13ClN4O. The van der Waals surface area contributed by atoms with Gasteiger partial charge in [0.15, 0.2) is 5.78 Å². The van der Waals surface area contributed by atoms with Crippen LogP contribution in [0.25, 0.3) is 0 Å². The summed E-state index contributed by atoms with van der Waals surface area (Å²) in [6, 6.07) is 3.27. The van der Waals surface area contributed by atoms with Crippen LogP contribution < -0.4 is 0 Å². The number of rotatable bonds is 5. The molecule has 94 valence electrons. The van der Waals surface area contributed by atoms with Gasteiger partial charge in [-0.3, -0.25) is 4.79 Å². The third kappa shape index (κ3) is 2.92. The summed E-state index contributed by atoms with van der Waals surface area (Å²) in [4.78, 5) is 20.0. The zero-order valence-corrected chi connectivity index (χ0v) is 10.8. The van der Waals surface area contributed by atoms with E-state index in [9.17, 15) is 4.79 Å². The maximum atomic E-state index is 12.0. The zero-order chi connectivity index (χ0) is 13.0. The summed E-state index contributed by atoms with van der Waals surface area (Å²) >= 11 is 5.68. The summed E-state index contributed by atoms with van der Waals surface area (Å²) < 4.78 is 1.75. The average molecular weight is 265 g/mol. The van der Waals surface area contributed by atoms with E-state index < -0.39 is 0 Å². The summed E-state index contributed by atoms with van der Waals surface area (Å²) in [6.45, 7) is 2.82. The molecule has 0 saturated carbocycles. The Hall–Kier alpha value is -1.75. The molecule has 0 saturated heterocycles. The van der Waals surface area contributed by atoms with Gasteiger partial charge in [-0.15, -0.1) is 0 Å². The molecule has 0 unspecified atom stereocenters. The number of aromatic nitrogens is 4. The van der Waals surface area contributed by atoms with Crippen molar-refractivity contribution in [3.8, 4) is 0 Å². The highest BCUT2D eigenvalue weighted by Gasteiger charge is 2.12. The second-order valence-electron chi connectivity index (χ2n) is 3.87. The molecule has 18 heavy (non-hydrogen) atoms. The molecule has 0 amide bonds. The number of aryl methyl sites for hydroxylation is 1. The first kappa shape index (κ1) is 12.7. The lowest BCUT2D eigenvalue weighted by Crippen LogP contribution is -2.11. The molecule has 0 aromatic carbocycles. The quantitative estimate of drug-likeness (QED) is 0.613. The zero-order valence-electron chi connectivity index (χ0n) is 10.0. The largest absolute Gasteiger partial charge is 0.294 e. The third-order valence-electron chi connectivity index (χ3n) is 2.50. The van der Waals surface area contributed by atoms with E-state index in [2.05, 4.69) is 22.0 Å². The predicted molar refractivity (Wildman–Crippen MR) is 67.6 cm³/mol. The van der Waals surface area contributed by atoms with Crippen LogP contribution >= 0.6 is 11.6 Å². The first-order valence-electron chi connectivity index (χ1n) is 5.72. The highest BCUT2D eigenvalue weighted by atomic mass is 35.5. The van der Waals surface area contributed by atoms with Crippen LogP contribution in [0.2, 0.25) is 5.15 Å². The molecule has 0 bridgehead atoms. The van der Waals surface area contributed by atoms with E-state index in [0.717, 1.165) is 13.0 Å². The summed E-state index contributed by atoms with van der Waals surface area (Å²) in [5.74, 6) is 0.640. The Morgan fingerprint density at radius 1 is 1.39 bits per heavy atom. The fraction of sp³-hybridized carbons (Fsp3) is 0.333. The van der Waals surface area contributed by atoms with Crippen molar-refractivity contribution >= 4 is 17.4 Å². The number of Topliss-reactive ketones (excluding diaryl/α,β-unsaturated/α-hetero) is 1. The van der Waals surface area contributed by atoms with Gasteiger partial charge in [0, 0.05) is 18.3 Å². The minimum absolute atomic E-state index is 0.0375. The van der Waals surface area contributed by atoms with Gasteiger partial charge >= 0.3 is 0 Å². The van der Waals surface area contributed by atoms with Gasteiger partial charge in [0.25, 0.3) is 0 Å². The van der Waals surface area contributed by atoms with Crippen LogP contribution in [0.4, 0.5) is 0 Å². The first-order valence-corrected chi connectivity index (χ1v) is 6.10. The molecule has 0 aliphatic rings. The second-order valence-corrected chi connectivity index (χ2v) is 4.26. The van der Waals surface area contributed by atoms with E-state index in [0.29, 0.717) is 16.5 Å². The van der Waals surface area contributed by atoms with Crippen LogP contribution in [-0.4, -0.2) is 25.5 Å². The van der Waals surface area contributed by atoms with Crippen molar-refractivity contribution in [2.45, 2.75) is 26.3 Å². The summed E-state index contributed by atoms with van der Waals surface area (Å²) in [5.41, 5.74) is 0.533. The molecule has 0 N–H and O–H groups in total. The second kappa shape index (κ2) is 5.73. The molecular weight excluding hydrogens is 252 g/mol. The van der Waals surface area contributed by atoms with E-state index in [4.69, 9.17) is 11.6 Å². The number of hydrogen-bond donors (Lipinski definition) is 0. The van der Waals surface area contributed by atoms with Crippen molar-refractivity contribution in [1.82, 2.24) is 19.7 Å². The topological polar surface area (TPSA) is 60.7 Å². The molecule has 0 aliphatic carbocycles. The van der Waals surface area contributed by atoms with Gasteiger partial charge in [-0.1, -0.05) is 18.5 Å². The Kier molecular flexibility index (Phi) is 4.04. The van der Waals surface area contributed by atoms with Crippen molar-refractivity contribution < 1.29 is 4.79 Å². The minimum atomic E-state index is -0.0375. The average Bonchev–Trinajstić information content (AvgIpc) is 2.78. The smallest absolute Gasteiger partial charge is 0.171 e. The van der Waals surface area contributed by atoms with Crippen LogP contribution in [0.5, 0.6) is 0 Å². The van der Waals surface area contributed by atoms with Crippen molar-refractivity contribution in [2.24, 2.45) is 0 Å². The Morgan fingerprint density at radius 2 is 2.22 bits per heavy atom. The summed E-state index contributed by atoms with van der Waals surface area (Å²) in [5, 5.41) is 4.46. The SMILES string of the molecule is CCCn1ncnc1CC(=O)c1ccc(Cl)nc1. The van der Waals surface area contributed by atoms with E-state index in [1.165, 1.54) is 12.5 Å². The standard InChI is InChI=1S/C12H13ClN4O/c1-2-5-17-12(15-8-16-17)6-10(18)9-3-4-11(13)14-7-9/h3-4,7-8H,2,5-6H2,1H3. The monoisotopic (exact) mass is 264 g/mol. The van der Waals surface area contributed by atoms with Gasteiger partial charge in [0.2, 0.25) is 0 Å². The Bertz CT molecular complexity index is 535. The van der Waals surface area contributed by atoms with Crippen molar-refractivity contribution in [1.29, 1.82) is 0 Å². The molecule has 0 radical (unpaired) electrons. The number of pyridine rings is 1. The Balaban J connectivity index is 2.11. The van der Waals surface area contributed by atoms with Crippen molar-refractivity contribution in [3.63, 3.8) is 0 Å². The molecule has 0 atom stereocenters. The van der Waals surface area contributed by atoms with Crippen molar-refractivity contribution in [3.05, 3.63) is 41.2 Å². The highest BCUT2D eigenvalue weighted by Crippen LogP contribution is 2.08. The fourth-order valence-electron chi connectivity index (χ4n) is 1.61. The van der Waals surface area contributed by atoms with Gasteiger partial charge in [-0.2, -0.15) is 5.10 Å². The van der Waals surface area contributed by atoms with Crippen LogP contribution in [0.3, 0.4) is 0 Å². The maximum Gasteiger partial charge on any atom is 0.171 e. The lowest BCUT2D eigenvalue weighted by Gasteiger charge is -2.03. The molecule has 2 rings (SSSR count).